The fraction of sp³-hybridized carbons (Fsp3) is 0.375. The van der Waals surface area contributed by atoms with Crippen molar-refractivity contribution in [2.24, 2.45) is 5.11 Å². The lowest BCUT2D eigenvalue weighted by atomic mass is 10.2. The molecule has 0 saturated carbocycles. The first-order chi connectivity index (χ1) is 5.15. The van der Waals surface area contributed by atoms with Gasteiger partial charge in [0.2, 0.25) is 0 Å². The zero-order valence-corrected chi connectivity index (χ0v) is 6.97. The van der Waals surface area contributed by atoms with Gasteiger partial charge in [0.15, 0.2) is 0 Å². The summed E-state index contributed by atoms with van der Waals surface area (Å²) in [7, 11) is 0. The third-order valence-corrected chi connectivity index (χ3v) is 1.75. The van der Waals surface area contributed by atoms with Gasteiger partial charge in [-0.05, 0) is 32.4 Å². The van der Waals surface area contributed by atoms with Gasteiger partial charge < -0.3 is 0 Å². The summed E-state index contributed by atoms with van der Waals surface area (Å²) in [6.45, 7) is 5.78. The molecule has 1 aromatic heterocycles. The van der Waals surface area contributed by atoms with Crippen molar-refractivity contribution in [3.8, 4) is 0 Å². The lowest BCUT2D eigenvalue weighted by Crippen LogP contribution is -1.89. The van der Waals surface area contributed by atoms with Crippen molar-refractivity contribution in [2.45, 2.75) is 20.8 Å². The van der Waals surface area contributed by atoms with Crippen LogP contribution in [0.15, 0.2) is 11.2 Å². The van der Waals surface area contributed by atoms with Gasteiger partial charge >= 0.3 is 0 Å². The van der Waals surface area contributed by atoms with Crippen LogP contribution in [-0.2, 0) is 0 Å². The van der Waals surface area contributed by atoms with Crippen LogP contribution in [0.4, 0.5) is 5.69 Å². The van der Waals surface area contributed by atoms with Gasteiger partial charge in [0.25, 0.3) is 0 Å². The van der Waals surface area contributed by atoms with Gasteiger partial charge in [0, 0.05) is 5.69 Å². The molecule has 1 heterocycles. The Kier molecular flexibility index (Phi) is 1.98. The molecule has 0 atom stereocenters. The molecule has 0 aliphatic rings. The van der Waals surface area contributed by atoms with E-state index < -0.39 is 0 Å². The Morgan fingerprint density at radius 3 is 2.45 bits per heavy atom. The first-order valence-electron chi connectivity index (χ1n) is 3.47. The van der Waals surface area contributed by atoms with E-state index in [9.17, 15) is 0 Å². The van der Waals surface area contributed by atoms with E-state index >= 15 is 0 Å². The highest BCUT2D eigenvalue weighted by Gasteiger charge is 2.00. The Labute approximate surface area is 66.0 Å². The zero-order valence-electron chi connectivity index (χ0n) is 6.97. The Bertz CT molecular complexity index is 292. The Morgan fingerprint density at radius 1 is 1.27 bits per heavy atom. The van der Waals surface area contributed by atoms with Crippen molar-refractivity contribution in [1.82, 2.24) is 4.98 Å². The Morgan fingerprint density at radius 2 is 1.91 bits per heavy atom. The summed E-state index contributed by atoms with van der Waals surface area (Å²) in [6, 6.07) is 1.88. The minimum absolute atomic E-state index is 0.660. The molecule has 0 spiro atoms. The molecule has 0 bridgehead atoms. The van der Waals surface area contributed by atoms with E-state index in [-0.39, 0.29) is 0 Å². The number of hydrogen-bond donors (Lipinski definition) is 1. The summed E-state index contributed by atoms with van der Waals surface area (Å²) < 4.78 is 0. The average molecular weight is 149 g/mol. The SMILES string of the molecule is Cc1cc(N=N)c(C)nc1C. The van der Waals surface area contributed by atoms with Crippen LogP contribution >= 0.6 is 0 Å². The molecule has 0 fully saturated rings. The summed E-state index contributed by atoms with van der Waals surface area (Å²) in [5, 5.41) is 3.36. The van der Waals surface area contributed by atoms with E-state index in [4.69, 9.17) is 5.53 Å². The van der Waals surface area contributed by atoms with Crippen LogP contribution in [0.25, 0.3) is 0 Å². The fourth-order valence-electron chi connectivity index (χ4n) is 0.924. The van der Waals surface area contributed by atoms with E-state index in [1.54, 1.807) is 0 Å². The van der Waals surface area contributed by atoms with E-state index in [0.29, 0.717) is 5.69 Å². The predicted octanol–water partition coefficient (Wildman–Crippen LogP) is 2.67. The molecule has 0 aliphatic heterocycles. The van der Waals surface area contributed by atoms with Crippen LogP contribution in [0.1, 0.15) is 17.0 Å². The first kappa shape index (κ1) is 7.85. The van der Waals surface area contributed by atoms with Gasteiger partial charge in [-0.2, -0.15) is 5.11 Å². The molecule has 1 aromatic rings. The molecule has 0 unspecified atom stereocenters. The third-order valence-electron chi connectivity index (χ3n) is 1.75. The lowest BCUT2D eigenvalue weighted by Gasteiger charge is -2.02. The number of nitrogens with one attached hydrogen (secondary N) is 1. The highest BCUT2D eigenvalue weighted by atomic mass is 15.0. The standard InChI is InChI=1S/C8H11N3/c1-5-4-8(11-9)7(3)10-6(5)2/h4,9H,1-3H3. The summed E-state index contributed by atoms with van der Waals surface area (Å²) in [5.74, 6) is 0. The van der Waals surface area contributed by atoms with E-state index in [0.717, 1.165) is 17.0 Å². The van der Waals surface area contributed by atoms with Gasteiger partial charge in [-0.3, -0.25) is 4.98 Å². The molecule has 0 amide bonds. The van der Waals surface area contributed by atoms with Gasteiger partial charge in [0.1, 0.15) is 5.69 Å². The third kappa shape index (κ3) is 1.42. The number of aromatic nitrogens is 1. The summed E-state index contributed by atoms with van der Waals surface area (Å²) in [6.07, 6.45) is 0. The maximum Gasteiger partial charge on any atom is 0.106 e. The summed E-state index contributed by atoms with van der Waals surface area (Å²) >= 11 is 0. The molecule has 1 rings (SSSR count). The van der Waals surface area contributed by atoms with Crippen LogP contribution in [0.3, 0.4) is 0 Å². The maximum atomic E-state index is 6.84. The number of rotatable bonds is 1. The van der Waals surface area contributed by atoms with Gasteiger partial charge in [-0.15, -0.1) is 0 Å². The van der Waals surface area contributed by atoms with Crippen LogP contribution in [-0.4, -0.2) is 4.98 Å². The topological polar surface area (TPSA) is 49.1 Å². The van der Waals surface area contributed by atoms with E-state index in [1.807, 2.05) is 26.8 Å². The highest BCUT2D eigenvalue weighted by Crippen LogP contribution is 2.18. The second kappa shape index (κ2) is 2.78. The van der Waals surface area contributed by atoms with Crippen molar-refractivity contribution >= 4 is 5.69 Å². The normalized spacial score (nSPS) is 9.73. The van der Waals surface area contributed by atoms with Crippen LogP contribution in [0.5, 0.6) is 0 Å². The van der Waals surface area contributed by atoms with Crippen LogP contribution in [0, 0.1) is 26.3 Å². The van der Waals surface area contributed by atoms with Crippen molar-refractivity contribution in [1.29, 1.82) is 5.53 Å². The molecule has 0 aromatic carbocycles. The van der Waals surface area contributed by atoms with Crippen molar-refractivity contribution in [3.63, 3.8) is 0 Å². The molecule has 0 radical (unpaired) electrons. The number of pyridine rings is 1. The summed E-state index contributed by atoms with van der Waals surface area (Å²) in [4.78, 5) is 4.23. The molecule has 3 heteroatoms. The molecule has 11 heavy (non-hydrogen) atoms. The second-order valence-corrected chi connectivity index (χ2v) is 2.61. The van der Waals surface area contributed by atoms with E-state index in [2.05, 4.69) is 10.1 Å². The largest absolute Gasteiger partial charge is 0.256 e. The van der Waals surface area contributed by atoms with Gasteiger partial charge in [-0.1, -0.05) is 0 Å². The molecule has 3 nitrogen and oxygen atoms in total. The van der Waals surface area contributed by atoms with Gasteiger partial charge in [-0.25, -0.2) is 5.53 Å². The van der Waals surface area contributed by atoms with Crippen molar-refractivity contribution < 1.29 is 0 Å². The van der Waals surface area contributed by atoms with Crippen LogP contribution in [0.2, 0.25) is 0 Å². The fourth-order valence-corrected chi connectivity index (χ4v) is 0.924. The minimum Gasteiger partial charge on any atom is -0.256 e. The molecular formula is C8H11N3. The van der Waals surface area contributed by atoms with E-state index in [1.165, 1.54) is 0 Å². The quantitative estimate of drug-likeness (QED) is 0.613. The highest BCUT2D eigenvalue weighted by molar-refractivity contribution is 5.44. The maximum absolute atomic E-state index is 6.84. The second-order valence-electron chi connectivity index (χ2n) is 2.61. The lowest BCUT2D eigenvalue weighted by molar-refractivity contribution is 1.04. The number of hydrogen-bond acceptors (Lipinski definition) is 3. The molecule has 58 valence electrons. The summed E-state index contributed by atoms with van der Waals surface area (Å²) in [5.41, 5.74) is 10.4. The Balaban J connectivity index is 3.31. The zero-order chi connectivity index (χ0) is 8.43. The molecule has 0 aliphatic carbocycles. The number of nitrogens with zero attached hydrogens (tertiary/aromatic N) is 2. The van der Waals surface area contributed by atoms with Crippen molar-refractivity contribution in [2.75, 3.05) is 0 Å². The molecule has 1 N–H and O–H groups in total. The van der Waals surface area contributed by atoms with Crippen molar-refractivity contribution in [3.05, 3.63) is 23.0 Å². The first-order valence-corrected chi connectivity index (χ1v) is 3.47. The monoisotopic (exact) mass is 149 g/mol. The smallest absolute Gasteiger partial charge is 0.106 e. The minimum atomic E-state index is 0.660. The van der Waals surface area contributed by atoms with Gasteiger partial charge in [0.05, 0.1) is 5.69 Å². The average Bonchev–Trinajstić information content (AvgIpc) is 1.97. The number of aryl methyl sites for hydroxylation is 3. The Hall–Kier alpha value is -1.25. The molecular weight excluding hydrogens is 138 g/mol. The predicted molar refractivity (Wildman–Crippen MR) is 43.3 cm³/mol. The molecule has 0 saturated heterocycles. The van der Waals surface area contributed by atoms with Crippen LogP contribution < -0.4 is 0 Å².